The molecule has 0 aliphatic carbocycles. The standard InChI is InChI=1S/C23H26N2O3/c1-5-25(15-17-11-12-21(28-6-2)22(14-17)27-4)23(26)19-13-16(3)24-20-10-8-7-9-18(19)20/h7-14H,5-6,15H2,1-4H3. The molecule has 28 heavy (non-hydrogen) atoms. The molecule has 0 atom stereocenters. The van der Waals surface area contributed by atoms with Gasteiger partial charge in [-0.25, -0.2) is 0 Å². The first-order valence-electron chi connectivity index (χ1n) is 9.52. The molecule has 1 aromatic heterocycles. The van der Waals surface area contributed by atoms with Gasteiger partial charge in [0.2, 0.25) is 0 Å². The van der Waals surface area contributed by atoms with E-state index in [2.05, 4.69) is 4.98 Å². The number of methoxy groups -OCH3 is 1. The number of carbonyl (C=O) groups excluding carboxylic acids is 1. The topological polar surface area (TPSA) is 51.7 Å². The van der Waals surface area contributed by atoms with Gasteiger partial charge in [0, 0.05) is 24.2 Å². The number of hydrogen-bond donors (Lipinski definition) is 0. The molecule has 5 nitrogen and oxygen atoms in total. The lowest BCUT2D eigenvalue weighted by atomic mass is 10.1. The number of nitrogens with zero attached hydrogens (tertiary/aromatic N) is 2. The van der Waals surface area contributed by atoms with Crippen LogP contribution in [0.2, 0.25) is 0 Å². The molecule has 3 rings (SSSR count). The molecule has 0 saturated heterocycles. The zero-order chi connectivity index (χ0) is 20.1. The second-order valence-corrected chi connectivity index (χ2v) is 6.57. The van der Waals surface area contributed by atoms with E-state index in [-0.39, 0.29) is 5.91 Å². The van der Waals surface area contributed by atoms with Crippen LogP contribution in [-0.4, -0.2) is 36.1 Å². The lowest BCUT2D eigenvalue weighted by Crippen LogP contribution is -2.30. The molecule has 1 amide bonds. The molecule has 0 unspecified atom stereocenters. The quantitative estimate of drug-likeness (QED) is 0.602. The molecule has 0 aliphatic heterocycles. The zero-order valence-corrected chi connectivity index (χ0v) is 16.9. The number of hydrogen-bond acceptors (Lipinski definition) is 4. The highest BCUT2D eigenvalue weighted by atomic mass is 16.5. The van der Waals surface area contributed by atoms with E-state index in [4.69, 9.17) is 9.47 Å². The largest absolute Gasteiger partial charge is 0.493 e. The second kappa shape index (κ2) is 8.74. The molecule has 5 heteroatoms. The molecule has 0 bridgehead atoms. The normalized spacial score (nSPS) is 10.7. The second-order valence-electron chi connectivity index (χ2n) is 6.57. The lowest BCUT2D eigenvalue weighted by molar-refractivity contribution is 0.0754. The molecule has 0 fully saturated rings. The number of para-hydroxylation sites is 1. The van der Waals surface area contributed by atoms with E-state index in [1.54, 1.807) is 7.11 Å². The number of aryl methyl sites for hydroxylation is 1. The zero-order valence-electron chi connectivity index (χ0n) is 16.9. The van der Waals surface area contributed by atoms with Crippen LogP contribution in [0.4, 0.5) is 0 Å². The Labute approximate surface area is 165 Å². The summed E-state index contributed by atoms with van der Waals surface area (Å²) in [6, 6.07) is 15.4. The molecular weight excluding hydrogens is 352 g/mol. The van der Waals surface area contributed by atoms with Gasteiger partial charge in [-0.15, -0.1) is 0 Å². The number of benzene rings is 2. The first-order chi connectivity index (χ1) is 13.6. The summed E-state index contributed by atoms with van der Waals surface area (Å²) in [5, 5.41) is 0.876. The Morgan fingerprint density at radius 3 is 2.57 bits per heavy atom. The van der Waals surface area contributed by atoms with E-state index in [1.165, 1.54) is 0 Å². The summed E-state index contributed by atoms with van der Waals surface area (Å²) in [7, 11) is 1.62. The van der Waals surface area contributed by atoms with Gasteiger partial charge in [-0.2, -0.15) is 0 Å². The number of pyridine rings is 1. The van der Waals surface area contributed by atoms with E-state index in [9.17, 15) is 4.79 Å². The van der Waals surface area contributed by atoms with Gasteiger partial charge < -0.3 is 14.4 Å². The van der Waals surface area contributed by atoms with Crippen molar-refractivity contribution in [2.24, 2.45) is 0 Å². The summed E-state index contributed by atoms with van der Waals surface area (Å²) in [5.41, 5.74) is 3.35. The van der Waals surface area contributed by atoms with Crippen molar-refractivity contribution in [2.75, 3.05) is 20.3 Å². The summed E-state index contributed by atoms with van der Waals surface area (Å²) in [4.78, 5) is 19.7. The number of rotatable bonds is 7. The maximum absolute atomic E-state index is 13.3. The Morgan fingerprint density at radius 1 is 1.07 bits per heavy atom. The highest BCUT2D eigenvalue weighted by Gasteiger charge is 2.19. The Hall–Kier alpha value is -3.08. The number of fused-ring (bicyclic) bond motifs is 1. The van der Waals surface area contributed by atoms with Gasteiger partial charge in [0.15, 0.2) is 11.5 Å². The van der Waals surface area contributed by atoms with Gasteiger partial charge in [-0.3, -0.25) is 9.78 Å². The van der Waals surface area contributed by atoms with Crippen molar-refractivity contribution in [1.29, 1.82) is 0 Å². The van der Waals surface area contributed by atoms with Gasteiger partial charge >= 0.3 is 0 Å². The molecule has 2 aromatic carbocycles. The highest BCUT2D eigenvalue weighted by Crippen LogP contribution is 2.29. The number of amides is 1. The first kappa shape index (κ1) is 19.7. The van der Waals surface area contributed by atoms with Crippen molar-refractivity contribution in [3.05, 3.63) is 65.4 Å². The van der Waals surface area contributed by atoms with Crippen molar-refractivity contribution in [1.82, 2.24) is 9.88 Å². The van der Waals surface area contributed by atoms with Crippen molar-refractivity contribution in [3.8, 4) is 11.5 Å². The van der Waals surface area contributed by atoms with E-state index in [1.807, 2.05) is 74.2 Å². The Balaban J connectivity index is 1.91. The Morgan fingerprint density at radius 2 is 1.86 bits per heavy atom. The summed E-state index contributed by atoms with van der Waals surface area (Å²) in [6.45, 7) is 7.50. The molecule has 3 aromatic rings. The third-order valence-electron chi connectivity index (χ3n) is 4.64. The number of aromatic nitrogens is 1. The predicted molar refractivity (Wildman–Crippen MR) is 111 cm³/mol. The van der Waals surface area contributed by atoms with Gasteiger partial charge in [-0.1, -0.05) is 24.3 Å². The van der Waals surface area contributed by atoms with Crippen LogP contribution in [0.1, 0.15) is 35.5 Å². The molecule has 146 valence electrons. The van der Waals surface area contributed by atoms with Crippen LogP contribution in [0.15, 0.2) is 48.5 Å². The molecular formula is C23H26N2O3. The third kappa shape index (κ3) is 4.09. The monoisotopic (exact) mass is 378 g/mol. The van der Waals surface area contributed by atoms with Crippen molar-refractivity contribution >= 4 is 16.8 Å². The summed E-state index contributed by atoms with van der Waals surface area (Å²) >= 11 is 0. The molecule has 0 N–H and O–H groups in total. The van der Waals surface area contributed by atoms with Crippen molar-refractivity contribution in [2.45, 2.75) is 27.3 Å². The summed E-state index contributed by atoms with van der Waals surface area (Å²) in [5.74, 6) is 1.38. The van der Waals surface area contributed by atoms with Crippen LogP contribution in [0, 0.1) is 6.92 Å². The molecule has 0 radical (unpaired) electrons. The van der Waals surface area contributed by atoms with Crippen LogP contribution >= 0.6 is 0 Å². The summed E-state index contributed by atoms with van der Waals surface area (Å²) in [6.07, 6.45) is 0. The van der Waals surface area contributed by atoms with Gasteiger partial charge in [-0.05, 0) is 50.6 Å². The number of carbonyl (C=O) groups is 1. The van der Waals surface area contributed by atoms with E-state index in [0.717, 1.165) is 22.2 Å². The minimum Gasteiger partial charge on any atom is -0.493 e. The van der Waals surface area contributed by atoms with Crippen LogP contribution in [0.25, 0.3) is 10.9 Å². The SMILES string of the molecule is CCOc1ccc(CN(CC)C(=O)c2cc(C)nc3ccccc23)cc1OC. The smallest absolute Gasteiger partial charge is 0.254 e. The highest BCUT2D eigenvalue weighted by molar-refractivity contribution is 6.06. The van der Waals surface area contributed by atoms with Crippen LogP contribution in [0.5, 0.6) is 11.5 Å². The average Bonchev–Trinajstić information content (AvgIpc) is 2.71. The maximum Gasteiger partial charge on any atom is 0.254 e. The van der Waals surface area contributed by atoms with Crippen LogP contribution < -0.4 is 9.47 Å². The Bertz CT molecular complexity index is 985. The van der Waals surface area contributed by atoms with Gasteiger partial charge in [0.25, 0.3) is 5.91 Å². The fourth-order valence-corrected chi connectivity index (χ4v) is 3.29. The first-order valence-corrected chi connectivity index (χ1v) is 9.52. The summed E-state index contributed by atoms with van der Waals surface area (Å²) < 4.78 is 11.0. The van der Waals surface area contributed by atoms with Crippen molar-refractivity contribution < 1.29 is 14.3 Å². The molecule has 0 saturated carbocycles. The van der Waals surface area contributed by atoms with Crippen LogP contribution in [0.3, 0.4) is 0 Å². The minimum absolute atomic E-state index is 0.00273. The van der Waals surface area contributed by atoms with Crippen molar-refractivity contribution in [3.63, 3.8) is 0 Å². The minimum atomic E-state index is -0.00273. The Kier molecular flexibility index (Phi) is 6.14. The van der Waals surface area contributed by atoms with Gasteiger partial charge in [0.1, 0.15) is 0 Å². The third-order valence-corrected chi connectivity index (χ3v) is 4.64. The predicted octanol–water partition coefficient (Wildman–Crippen LogP) is 4.61. The molecule has 0 aliphatic rings. The maximum atomic E-state index is 13.3. The van der Waals surface area contributed by atoms with Crippen LogP contribution in [-0.2, 0) is 6.54 Å². The number of ether oxygens (including phenoxy) is 2. The molecule has 1 heterocycles. The van der Waals surface area contributed by atoms with Gasteiger partial charge in [0.05, 0.1) is 24.8 Å². The fraction of sp³-hybridized carbons (Fsp3) is 0.304. The molecule has 0 spiro atoms. The van der Waals surface area contributed by atoms with E-state index < -0.39 is 0 Å². The van der Waals surface area contributed by atoms with E-state index >= 15 is 0 Å². The fourth-order valence-electron chi connectivity index (χ4n) is 3.29. The lowest BCUT2D eigenvalue weighted by Gasteiger charge is -2.22. The van der Waals surface area contributed by atoms with E-state index in [0.29, 0.717) is 36.8 Å². The average molecular weight is 378 g/mol.